The van der Waals surface area contributed by atoms with Gasteiger partial charge in [0, 0.05) is 48.2 Å². The molecule has 0 atom stereocenters. The summed E-state index contributed by atoms with van der Waals surface area (Å²) in [5.74, 6) is 0.466. The zero-order valence-electron chi connectivity index (χ0n) is 17.4. The minimum absolute atomic E-state index is 0.00191. The van der Waals surface area contributed by atoms with Crippen molar-refractivity contribution in [2.24, 2.45) is 4.99 Å². The maximum absolute atomic E-state index is 12.7. The van der Waals surface area contributed by atoms with Crippen LogP contribution in [-0.2, 0) is 0 Å². The maximum Gasteiger partial charge on any atom is 0.271 e. The van der Waals surface area contributed by atoms with Crippen molar-refractivity contribution in [3.63, 3.8) is 0 Å². The van der Waals surface area contributed by atoms with Crippen LogP contribution in [0.1, 0.15) is 41.6 Å². The number of aliphatic hydroxyl groups is 1. The first-order valence-corrected chi connectivity index (χ1v) is 10.6. The third-order valence-corrected chi connectivity index (χ3v) is 5.47. The lowest BCUT2D eigenvalue weighted by molar-refractivity contribution is 0.102. The molecular weight excluding hydrogens is 394 g/mol. The van der Waals surface area contributed by atoms with Crippen molar-refractivity contribution in [1.29, 1.82) is 0 Å². The number of aliphatic hydroxyl groups excluding tert-OH is 1. The van der Waals surface area contributed by atoms with E-state index in [1.54, 1.807) is 24.4 Å². The molecule has 0 bridgehead atoms. The van der Waals surface area contributed by atoms with E-state index in [4.69, 9.17) is 5.11 Å². The average molecular weight is 422 g/mol. The number of amidine groups is 1. The summed E-state index contributed by atoms with van der Waals surface area (Å²) < 4.78 is 0. The summed E-state index contributed by atoms with van der Waals surface area (Å²) in [6, 6.07) is 9.13. The molecule has 1 aromatic carbocycles. The summed E-state index contributed by atoms with van der Waals surface area (Å²) in [7, 11) is 0. The Labute approximate surface area is 180 Å². The maximum atomic E-state index is 12.7. The third kappa shape index (κ3) is 5.03. The molecule has 0 aliphatic carbocycles. The normalized spacial score (nSPS) is 17.4. The van der Waals surface area contributed by atoms with Crippen LogP contribution < -0.4 is 21.1 Å². The van der Waals surface area contributed by atoms with E-state index in [-0.39, 0.29) is 23.8 Å². The molecule has 0 saturated carbocycles. The molecule has 2 aromatic rings. The van der Waals surface area contributed by atoms with Crippen LogP contribution >= 0.6 is 0 Å². The van der Waals surface area contributed by atoms with Gasteiger partial charge in [0.25, 0.3) is 11.5 Å². The number of amides is 1. The van der Waals surface area contributed by atoms with Gasteiger partial charge in [-0.2, -0.15) is 0 Å². The van der Waals surface area contributed by atoms with Crippen molar-refractivity contribution in [3.8, 4) is 0 Å². The predicted molar refractivity (Wildman–Crippen MR) is 123 cm³/mol. The van der Waals surface area contributed by atoms with Crippen LogP contribution in [-0.4, -0.2) is 48.1 Å². The molecule has 2 aliphatic heterocycles. The molecular formula is C23H27N5O3. The molecule has 3 heterocycles. The number of H-pyrrole nitrogens is 1. The lowest BCUT2D eigenvalue weighted by Gasteiger charge is -2.19. The minimum atomic E-state index is -0.364. The molecule has 1 saturated heterocycles. The highest BCUT2D eigenvalue weighted by atomic mass is 16.3. The molecule has 2 aliphatic rings. The van der Waals surface area contributed by atoms with Gasteiger partial charge in [0.15, 0.2) is 0 Å². The topological polar surface area (TPSA) is 110 Å². The largest absolute Gasteiger partial charge is 0.394 e. The number of aromatic nitrogens is 1. The predicted octanol–water partition coefficient (Wildman–Crippen LogP) is 2.34. The van der Waals surface area contributed by atoms with Gasteiger partial charge in [0.05, 0.1) is 13.2 Å². The van der Waals surface area contributed by atoms with E-state index < -0.39 is 0 Å². The van der Waals surface area contributed by atoms with Crippen LogP contribution in [0.25, 0.3) is 5.70 Å². The number of nitrogens with one attached hydrogen (secondary N) is 3. The third-order valence-electron chi connectivity index (χ3n) is 5.47. The van der Waals surface area contributed by atoms with Gasteiger partial charge < -0.3 is 25.6 Å². The number of rotatable bonds is 6. The Bertz CT molecular complexity index is 1050. The number of aromatic amines is 1. The molecule has 8 nitrogen and oxygen atoms in total. The Morgan fingerprint density at radius 2 is 1.97 bits per heavy atom. The molecule has 0 unspecified atom stereocenters. The van der Waals surface area contributed by atoms with Gasteiger partial charge in [-0.05, 0) is 49.6 Å². The van der Waals surface area contributed by atoms with E-state index in [0.29, 0.717) is 12.1 Å². The number of carbonyl (C=O) groups excluding carboxylic acids is 1. The number of benzene rings is 1. The van der Waals surface area contributed by atoms with Crippen LogP contribution in [0.4, 0.5) is 11.4 Å². The summed E-state index contributed by atoms with van der Waals surface area (Å²) in [4.78, 5) is 34.3. The molecule has 1 amide bonds. The number of pyridine rings is 1. The number of hydrogen-bond donors (Lipinski definition) is 4. The lowest BCUT2D eigenvalue weighted by Crippen LogP contribution is -2.27. The summed E-state index contributed by atoms with van der Waals surface area (Å²) in [5, 5.41) is 14.9. The molecule has 162 valence electrons. The van der Waals surface area contributed by atoms with Crippen molar-refractivity contribution in [1.82, 2.24) is 10.3 Å². The number of allylic oxidation sites excluding steroid dienone is 1. The number of nitrogens with zero attached hydrogens (tertiary/aromatic N) is 2. The first-order chi connectivity index (χ1) is 15.1. The van der Waals surface area contributed by atoms with Crippen LogP contribution in [0.3, 0.4) is 0 Å². The van der Waals surface area contributed by atoms with E-state index in [2.05, 4.69) is 25.5 Å². The van der Waals surface area contributed by atoms with Gasteiger partial charge in [-0.3, -0.25) is 14.6 Å². The molecule has 1 aromatic heterocycles. The van der Waals surface area contributed by atoms with E-state index >= 15 is 0 Å². The summed E-state index contributed by atoms with van der Waals surface area (Å²) in [6.45, 7) is 2.44. The summed E-state index contributed by atoms with van der Waals surface area (Å²) in [5.41, 5.74) is 2.99. The zero-order valence-corrected chi connectivity index (χ0v) is 17.4. The molecule has 4 rings (SSSR count). The molecule has 0 spiro atoms. The highest BCUT2D eigenvalue weighted by Gasteiger charge is 2.16. The van der Waals surface area contributed by atoms with Crippen molar-refractivity contribution in [3.05, 3.63) is 64.1 Å². The molecule has 4 N–H and O–H groups in total. The fraction of sp³-hybridized carbons (Fsp3) is 0.348. The Morgan fingerprint density at radius 3 is 2.71 bits per heavy atom. The SMILES string of the molecule is O=C(Nc1cc(C2=CCCC(=NCCO)N2)c[nH]c1=O)c1ccc(N2CCCC2)cc1. The Balaban J connectivity index is 1.48. The standard InChI is InChI=1S/C23H27N5O3/c29-13-10-24-21-5-3-4-19(26-21)17-14-20(23(31)25-15-17)27-22(30)16-6-8-18(9-7-16)28-11-1-2-12-28/h4,6-9,14-15,29H,1-3,5,10-13H2,(H,24,26)(H,25,31)(H,27,30). The van der Waals surface area contributed by atoms with Gasteiger partial charge in [-0.15, -0.1) is 0 Å². The second kappa shape index (κ2) is 9.61. The molecule has 8 heteroatoms. The van der Waals surface area contributed by atoms with Crippen LogP contribution in [0.15, 0.2) is 52.4 Å². The lowest BCUT2D eigenvalue weighted by atomic mass is 10.1. The number of anilines is 2. The molecule has 0 radical (unpaired) electrons. The van der Waals surface area contributed by atoms with Gasteiger partial charge >= 0.3 is 0 Å². The highest BCUT2D eigenvalue weighted by molar-refractivity contribution is 6.04. The first-order valence-electron chi connectivity index (χ1n) is 10.6. The highest BCUT2D eigenvalue weighted by Crippen LogP contribution is 2.21. The van der Waals surface area contributed by atoms with Gasteiger partial charge in [-0.1, -0.05) is 6.08 Å². The van der Waals surface area contributed by atoms with Crippen molar-refractivity contribution < 1.29 is 9.90 Å². The molecule has 1 fully saturated rings. The fourth-order valence-corrected chi connectivity index (χ4v) is 3.84. The van der Waals surface area contributed by atoms with Gasteiger partial charge in [0.1, 0.15) is 11.5 Å². The number of aliphatic imine (C=N–C) groups is 1. The minimum Gasteiger partial charge on any atom is -0.394 e. The monoisotopic (exact) mass is 421 g/mol. The van der Waals surface area contributed by atoms with E-state index in [9.17, 15) is 9.59 Å². The Morgan fingerprint density at radius 1 is 1.19 bits per heavy atom. The number of hydrogen-bond acceptors (Lipinski definition) is 5. The molecule has 31 heavy (non-hydrogen) atoms. The average Bonchev–Trinajstić information content (AvgIpc) is 3.34. The van der Waals surface area contributed by atoms with Crippen molar-refractivity contribution >= 4 is 28.8 Å². The van der Waals surface area contributed by atoms with E-state index in [0.717, 1.165) is 48.7 Å². The quantitative estimate of drug-likeness (QED) is 0.572. The van der Waals surface area contributed by atoms with Crippen LogP contribution in [0.2, 0.25) is 0 Å². The van der Waals surface area contributed by atoms with Crippen molar-refractivity contribution in [2.45, 2.75) is 25.7 Å². The zero-order chi connectivity index (χ0) is 21.6. The first kappa shape index (κ1) is 20.9. The summed E-state index contributed by atoms with van der Waals surface area (Å²) >= 11 is 0. The second-order valence-corrected chi connectivity index (χ2v) is 7.66. The Kier molecular flexibility index (Phi) is 6.47. The second-order valence-electron chi connectivity index (χ2n) is 7.66. The van der Waals surface area contributed by atoms with Gasteiger partial charge in [-0.25, -0.2) is 0 Å². The van der Waals surface area contributed by atoms with E-state index in [1.165, 1.54) is 12.8 Å². The van der Waals surface area contributed by atoms with E-state index in [1.807, 2.05) is 18.2 Å². The van der Waals surface area contributed by atoms with Crippen LogP contribution in [0, 0.1) is 0 Å². The summed E-state index contributed by atoms with van der Waals surface area (Å²) in [6.07, 6.45) is 7.59. The van der Waals surface area contributed by atoms with Gasteiger partial charge in [0.2, 0.25) is 0 Å². The number of carbonyl (C=O) groups is 1. The van der Waals surface area contributed by atoms with Crippen LogP contribution in [0.5, 0.6) is 0 Å². The Hall–Kier alpha value is -3.39. The van der Waals surface area contributed by atoms with Crippen molar-refractivity contribution in [2.75, 3.05) is 36.5 Å². The fourth-order valence-electron chi connectivity index (χ4n) is 3.84. The smallest absolute Gasteiger partial charge is 0.271 e.